The quantitative estimate of drug-likeness (QED) is 0.224. The second-order valence-corrected chi connectivity index (χ2v) is 8.52. The zero-order chi connectivity index (χ0) is 20.5. The van der Waals surface area contributed by atoms with Crippen LogP contribution in [0.5, 0.6) is 0 Å². The van der Waals surface area contributed by atoms with E-state index in [1.165, 1.54) is 76.7 Å². The molecule has 1 aliphatic rings. The first kappa shape index (κ1) is 24.8. The number of allylic oxidation sites excluding steroid dienone is 3. The Hall–Kier alpha value is -1.22. The minimum Gasteiger partial charge on any atom is -0.389 e. The van der Waals surface area contributed by atoms with Gasteiger partial charge in [-0.3, -0.25) is 9.59 Å². The maximum absolute atomic E-state index is 12.1. The van der Waals surface area contributed by atoms with Crippen LogP contribution in [0.2, 0.25) is 0 Å². The highest BCUT2D eigenvalue weighted by atomic mass is 16.3. The minimum absolute atomic E-state index is 0.0810. The number of Topliss-reactive ketones (excluding diaryl/α,β-unsaturated/α-hetero) is 1. The van der Waals surface area contributed by atoms with Crippen molar-refractivity contribution in [3.63, 3.8) is 0 Å². The van der Waals surface area contributed by atoms with Crippen LogP contribution in [-0.2, 0) is 9.59 Å². The summed E-state index contributed by atoms with van der Waals surface area (Å²) >= 11 is 0. The SMILES string of the molecule is CCCCCCCCC=CCCCCCCCC(=O)CC1(O)CC=CC(=O)C1. The van der Waals surface area contributed by atoms with Crippen LogP contribution >= 0.6 is 0 Å². The number of hydrogen-bond donors (Lipinski definition) is 1. The van der Waals surface area contributed by atoms with Crippen LogP contribution in [0.1, 0.15) is 116 Å². The molecular formula is C25H42O3. The summed E-state index contributed by atoms with van der Waals surface area (Å²) in [5.74, 6) is 0.00537. The predicted octanol–water partition coefficient (Wildman–Crippen LogP) is 6.63. The van der Waals surface area contributed by atoms with Crippen LogP contribution in [0.15, 0.2) is 24.3 Å². The van der Waals surface area contributed by atoms with Crippen molar-refractivity contribution in [3.8, 4) is 0 Å². The molecule has 0 fully saturated rings. The van der Waals surface area contributed by atoms with Gasteiger partial charge in [0, 0.05) is 19.3 Å². The first-order chi connectivity index (χ1) is 13.6. The third-order valence-corrected chi connectivity index (χ3v) is 5.55. The zero-order valence-electron chi connectivity index (χ0n) is 18.1. The number of unbranched alkanes of at least 4 members (excludes halogenated alkanes) is 11. The minimum atomic E-state index is -1.13. The lowest BCUT2D eigenvalue weighted by atomic mass is 9.83. The van der Waals surface area contributed by atoms with Gasteiger partial charge in [-0.25, -0.2) is 0 Å². The molecule has 1 aliphatic carbocycles. The fourth-order valence-corrected chi connectivity index (χ4v) is 3.85. The molecule has 0 aromatic heterocycles. The maximum atomic E-state index is 12.1. The van der Waals surface area contributed by atoms with Crippen molar-refractivity contribution in [1.29, 1.82) is 0 Å². The number of rotatable bonds is 17. The van der Waals surface area contributed by atoms with Gasteiger partial charge in [0.05, 0.1) is 5.60 Å². The second-order valence-electron chi connectivity index (χ2n) is 8.52. The van der Waals surface area contributed by atoms with Gasteiger partial charge in [-0.1, -0.05) is 76.5 Å². The highest BCUT2D eigenvalue weighted by Gasteiger charge is 2.32. The van der Waals surface area contributed by atoms with Gasteiger partial charge in [-0.2, -0.15) is 0 Å². The Kier molecular flexibility index (Phi) is 13.9. The first-order valence-electron chi connectivity index (χ1n) is 11.6. The van der Waals surface area contributed by atoms with E-state index in [-0.39, 0.29) is 24.4 Å². The molecule has 0 saturated heterocycles. The lowest BCUT2D eigenvalue weighted by Gasteiger charge is -2.27. The van der Waals surface area contributed by atoms with Crippen LogP contribution in [0.3, 0.4) is 0 Å². The number of ketones is 2. The lowest BCUT2D eigenvalue weighted by Crippen LogP contribution is -2.35. The molecule has 0 heterocycles. The van der Waals surface area contributed by atoms with Crippen LogP contribution in [-0.4, -0.2) is 22.3 Å². The predicted molar refractivity (Wildman–Crippen MR) is 117 cm³/mol. The average Bonchev–Trinajstić information content (AvgIpc) is 2.64. The van der Waals surface area contributed by atoms with Gasteiger partial charge < -0.3 is 5.11 Å². The Morgan fingerprint density at radius 1 is 0.964 bits per heavy atom. The Balaban J connectivity index is 1.89. The molecule has 160 valence electrons. The van der Waals surface area contributed by atoms with Crippen LogP contribution in [0.4, 0.5) is 0 Å². The summed E-state index contributed by atoms with van der Waals surface area (Å²) in [6, 6.07) is 0. The van der Waals surface area contributed by atoms with Crippen LogP contribution in [0.25, 0.3) is 0 Å². The summed E-state index contributed by atoms with van der Waals surface area (Å²) in [7, 11) is 0. The molecule has 0 aliphatic heterocycles. The molecule has 0 spiro atoms. The van der Waals surface area contributed by atoms with E-state index < -0.39 is 5.60 Å². The summed E-state index contributed by atoms with van der Waals surface area (Å²) in [5, 5.41) is 10.3. The lowest BCUT2D eigenvalue weighted by molar-refractivity contribution is -0.127. The van der Waals surface area contributed by atoms with Crippen molar-refractivity contribution in [2.75, 3.05) is 0 Å². The van der Waals surface area contributed by atoms with E-state index in [1.54, 1.807) is 6.08 Å². The highest BCUT2D eigenvalue weighted by molar-refractivity contribution is 5.92. The topological polar surface area (TPSA) is 54.4 Å². The van der Waals surface area contributed by atoms with Crippen LogP contribution in [0, 0.1) is 0 Å². The second kappa shape index (κ2) is 15.7. The number of carbonyl (C=O) groups is 2. The van der Waals surface area contributed by atoms with Crippen molar-refractivity contribution in [2.45, 2.75) is 122 Å². The number of aliphatic hydroxyl groups is 1. The fourth-order valence-electron chi connectivity index (χ4n) is 3.85. The first-order valence-corrected chi connectivity index (χ1v) is 11.6. The molecule has 1 atom stereocenters. The third-order valence-electron chi connectivity index (χ3n) is 5.55. The molecule has 3 heteroatoms. The van der Waals surface area contributed by atoms with E-state index >= 15 is 0 Å². The molecule has 0 bridgehead atoms. The zero-order valence-corrected chi connectivity index (χ0v) is 18.1. The molecule has 1 N–H and O–H groups in total. The number of carbonyl (C=O) groups excluding carboxylic acids is 2. The van der Waals surface area contributed by atoms with Crippen molar-refractivity contribution >= 4 is 11.6 Å². The van der Waals surface area contributed by atoms with E-state index in [2.05, 4.69) is 19.1 Å². The number of hydrogen-bond acceptors (Lipinski definition) is 3. The van der Waals surface area contributed by atoms with E-state index in [9.17, 15) is 14.7 Å². The maximum Gasteiger partial charge on any atom is 0.158 e. The van der Waals surface area contributed by atoms with Crippen LogP contribution < -0.4 is 0 Å². The van der Waals surface area contributed by atoms with Gasteiger partial charge in [0.15, 0.2) is 5.78 Å². The van der Waals surface area contributed by atoms with Gasteiger partial charge in [0.2, 0.25) is 0 Å². The Labute approximate surface area is 172 Å². The normalized spacial score (nSPS) is 19.6. The highest BCUT2D eigenvalue weighted by Crippen LogP contribution is 2.26. The molecule has 0 aromatic carbocycles. The molecule has 0 saturated carbocycles. The molecule has 1 unspecified atom stereocenters. The molecule has 0 radical (unpaired) electrons. The molecule has 28 heavy (non-hydrogen) atoms. The molecule has 0 amide bonds. The average molecular weight is 391 g/mol. The molecule has 0 aromatic rings. The van der Waals surface area contributed by atoms with Crippen molar-refractivity contribution in [1.82, 2.24) is 0 Å². The monoisotopic (exact) mass is 390 g/mol. The fraction of sp³-hybridized carbons (Fsp3) is 0.760. The Bertz CT molecular complexity index is 492. The van der Waals surface area contributed by atoms with Crippen molar-refractivity contribution in [3.05, 3.63) is 24.3 Å². The van der Waals surface area contributed by atoms with E-state index in [0.717, 1.165) is 12.8 Å². The summed E-state index contributed by atoms with van der Waals surface area (Å²) in [5.41, 5.74) is -1.13. The largest absolute Gasteiger partial charge is 0.389 e. The smallest absolute Gasteiger partial charge is 0.158 e. The summed E-state index contributed by atoms with van der Waals surface area (Å²) in [6.45, 7) is 2.26. The van der Waals surface area contributed by atoms with E-state index in [0.29, 0.717) is 12.8 Å². The van der Waals surface area contributed by atoms with Gasteiger partial charge in [-0.15, -0.1) is 0 Å². The van der Waals surface area contributed by atoms with Gasteiger partial charge in [0.25, 0.3) is 0 Å². The summed E-state index contributed by atoms with van der Waals surface area (Å²) in [6.07, 6.45) is 25.2. The van der Waals surface area contributed by atoms with E-state index in [4.69, 9.17) is 0 Å². The van der Waals surface area contributed by atoms with Gasteiger partial charge >= 0.3 is 0 Å². The molecular weight excluding hydrogens is 348 g/mol. The third kappa shape index (κ3) is 13.0. The standard InChI is InChI=1S/C25H42O3/c1-2-3-4-5-6-7-8-9-10-11-12-13-14-15-16-18-23(26)21-25(28)20-17-19-24(27)22-25/h9-10,17,19,28H,2-8,11-16,18,20-22H2,1H3. The molecule has 1 rings (SSSR count). The van der Waals surface area contributed by atoms with E-state index in [1.807, 2.05) is 0 Å². The van der Waals surface area contributed by atoms with Crippen molar-refractivity contribution in [2.24, 2.45) is 0 Å². The van der Waals surface area contributed by atoms with Gasteiger partial charge in [0.1, 0.15) is 5.78 Å². The molecule has 3 nitrogen and oxygen atoms in total. The van der Waals surface area contributed by atoms with Gasteiger partial charge in [-0.05, 0) is 44.6 Å². The van der Waals surface area contributed by atoms with Crippen molar-refractivity contribution < 1.29 is 14.7 Å². The summed E-state index contributed by atoms with van der Waals surface area (Å²) < 4.78 is 0. The Morgan fingerprint density at radius 2 is 1.54 bits per heavy atom. The Morgan fingerprint density at radius 3 is 2.14 bits per heavy atom. The summed E-state index contributed by atoms with van der Waals surface area (Å²) in [4.78, 5) is 23.5.